The molecule has 0 bridgehead atoms. The maximum Gasteiger partial charge on any atom is 0.341 e. The van der Waals surface area contributed by atoms with Gasteiger partial charge in [0.1, 0.15) is 28.2 Å². The molecule has 7 nitrogen and oxygen atoms in total. The molecule has 0 amide bonds. The number of aromatic nitrogens is 3. The van der Waals surface area contributed by atoms with Gasteiger partial charge in [-0.1, -0.05) is 38.3 Å². The highest BCUT2D eigenvalue weighted by Crippen LogP contribution is 2.46. The van der Waals surface area contributed by atoms with Crippen molar-refractivity contribution < 1.29 is 19.7 Å². The summed E-state index contributed by atoms with van der Waals surface area (Å²) >= 11 is 0. The van der Waals surface area contributed by atoms with Gasteiger partial charge < -0.3 is 14.9 Å². The lowest BCUT2D eigenvalue weighted by atomic mass is 9.70. The lowest BCUT2D eigenvalue weighted by molar-refractivity contribution is -0.139. The second-order valence-corrected chi connectivity index (χ2v) is 7.62. The zero-order valence-corrected chi connectivity index (χ0v) is 15.8. The SMILES string of the molecule is CC1(c2cc(OCC(=O)O)cc(-n3nc4ccccc4n3)c2O)CCCCC1. The van der Waals surface area contributed by atoms with E-state index in [0.717, 1.165) is 31.2 Å². The van der Waals surface area contributed by atoms with E-state index < -0.39 is 12.6 Å². The molecule has 1 heterocycles. The average molecular weight is 381 g/mol. The zero-order valence-electron chi connectivity index (χ0n) is 15.8. The first kappa shape index (κ1) is 18.3. The molecule has 0 unspecified atom stereocenters. The molecule has 0 radical (unpaired) electrons. The van der Waals surface area contributed by atoms with Crippen LogP contribution in [0.2, 0.25) is 0 Å². The van der Waals surface area contributed by atoms with Crippen molar-refractivity contribution in [3.8, 4) is 17.2 Å². The minimum absolute atomic E-state index is 0.118. The van der Waals surface area contributed by atoms with Crippen molar-refractivity contribution in [1.29, 1.82) is 0 Å². The van der Waals surface area contributed by atoms with Crippen molar-refractivity contribution in [3.05, 3.63) is 42.0 Å². The van der Waals surface area contributed by atoms with Gasteiger partial charge in [-0.05, 0) is 36.5 Å². The lowest BCUT2D eigenvalue weighted by Gasteiger charge is -2.35. The van der Waals surface area contributed by atoms with Gasteiger partial charge in [-0.25, -0.2) is 4.79 Å². The topological polar surface area (TPSA) is 97.5 Å². The summed E-state index contributed by atoms with van der Waals surface area (Å²) in [6.45, 7) is 1.69. The zero-order chi connectivity index (χ0) is 19.7. The Morgan fingerprint density at radius 3 is 2.39 bits per heavy atom. The first-order valence-electron chi connectivity index (χ1n) is 9.51. The van der Waals surface area contributed by atoms with E-state index in [1.807, 2.05) is 24.3 Å². The first-order chi connectivity index (χ1) is 13.5. The number of nitrogens with zero attached hydrogens (tertiary/aromatic N) is 3. The van der Waals surface area contributed by atoms with Crippen molar-refractivity contribution >= 4 is 17.0 Å². The third kappa shape index (κ3) is 3.40. The molecule has 2 N–H and O–H groups in total. The third-order valence-electron chi connectivity index (χ3n) is 5.54. The Kier molecular flexibility index (Phi) is 4.66. The van der Waals surface area contributed by atoms with Crippen LogP contribution < -0.4 is 4.74 Å². The molecule has 146 valence electrons. The van der Waals surface area contributed by atoms with Crippen LogP contribution in [0.25, 0.3) is 16.7 Å². The summed E-state index contributed by atoms with van der Waals surface area (Å²) in [5, 5.41) is 29.0. The normalized spacial score (nSPS) is 16.2. The number of carbonyl (C=O) groups is 1. The van der Waals surface area contributed by atoms with Gasteiger partial charge in [0.05, 0.1) is 0 Å². The number of carboxylic acid groups (broad SMARTS) is 1. The van der Waals surface area contributed by atoms with E-state index in [9.17, 15) is 9.90 Å². The van der Waals surface area contributed by atoms with Crippen molar-refractivity contribution in [1.82, 2.24) is 15.0 Å². The molecule has 0 spiro atoms. The minimum Gasteiger partial charge on any atom is -0.505 e. The van der Waals surface area contributed by atoms with Crippen LogP contribution in [-0.2, 0) is 10.2 Å². The summed E-state index contributed by atoms with van der Waals surface area (Å²) in [4.78, 5) is 12.3. The molecule has 7 heteroatoms. The fourth-order valence-electron chi connectivity index (χ4n) is 4.00. The third-order valence-corrected chi connectivity index (χ3v) is 5.54. The molecule has 0 atom stereocenters. The molecular weight excluding hydrogens is 358 g/mol. The number of fused-ring (bicyclic) bond motifs is 1. The molecule has 4 rings (SSSR count). The smallest absolute Gasteiger partial charge is 0.341 e. The largest absolute Gasteiger partial charge is 0.505 e. The van der Waals surface area contributed by atoms with E-state index in [-0.39, 0.29) is 11.2 Å². The highest BCUT2D eigenvalue weighted by molar-refractivity contribution is 5.74. The number of phenolic OH excluding ortho intramolecular Hbond substituents is 1. The lowest BCUT2D eigenvalue weighted by Crippen LogP contribution is -2.25. The Bertz CT molecular complexity index is 989. The molecule has 1 aliphatic rings. The number of hydrogen-bond donors (Lipinski definition) is 2. The van der Waals surface area contributed by atoms with E-state index in [1.165, 1.54) is 11.2 Å². The second kappa shape index (κ2) is 7.14. The highest BCUT2D eigenvalue weighted by atomic mass is 16.5. The minimum atomic E-state index is -1.05. The highest BCUT2D eigenvalue weighted by Gasteiger charge is 2.33. The van der Waals surface area contributed by atoms with Gasteiger partial charge in [0, 0.05) is 11.6 Å². The van der Waals surface area contributed by atoms with Crippen LogP contribution in [-0.4, -0.2) is 37.8 Å². The van der Waals surface area contributed by atoms with Crippen LogP contribution in [0, 0.1) is 0 Å². The fourth-order valence-corrected chi connectivity index (χ4v) is 4.00. The predicted octanol–water partition coefficient (Wildman–Crippen LogP) is 3.81. The van der Waals surface area contributed by atoms with E-state index in [0.29, 0.717) is 22.5 Å². The van der Waals surface area contributed by atoms with E-state index in [4.69, 9.17) is 9.84 Å². The van der Waals surface area contributed by atoms with Crippen LogP contribution in [0.5, 0.6) is 11.5 Å². The van der Waals surface area contributed by atoms with Gasteiger partial charge in [-0.2, -0.15) is 0 Å². The van der Waals surface area contributed by atoms with Crippen molar-refractivity contribution in [3.63, 3.8) is 0 Å². The molecule has 0 saturated heterocycles. The number of carboxylic acids is 1. The van der Waals surface area contributed by atoms with Crippen molar-refractivity contribution in [2.24, 2.45) is 0 Å². The molecule has 1 saturated carbocycles. The number of hydrogen-bond acceptors (Lipinski definition) is 5. The maximum atomic E-state index is 11.1. The fraction of sp³-hybridized carbons (Fsp3) is 0.381. The van der Waals surface area contributed by atoms with Crippen LogP contribution in [0.3, 0.4) is 0 Å². The number of phenols is 1. The van der Waals surface area contributed by atoms with E-state index >= 15 is 0 Å². The summed E-state index contributed by atoms with van der Waals surface area (Å²) in [5.74, 6) is -0.547. The van der Waals surface area contributed by atoms with Crippen molar-refractivity contribution in [2.45, 2.75) is 44.4 Å². The molecule has 1 fully saturated rings. The Labute approximate surface area is 162 Å². The number of aliphatic carboxylic acids is 1. The Hall–Kier alpha value is -3.09. The maximum absolute atomic E-state index is 11.1. The summed E-state index contributed by atoms with van der Waals surface area (Å²) < 4.78 is 5.46. The van der Waals surface area contributed by atoms with Gasteiger partial charge in [0.2, 0.25) is 0 Å². The standard InChI is InChI=1S/C21H23N3O4/c1-21(9-5-2-6-10-21)15-11-14(28-13-19(25)26)12-18(20(15)27)24-22-16-7-3-4-8-17(16)23-24/h3-4,7-8,11-12,27H,2,5-6,9-10,13H2,1H3,(H,25,26). The van der Waals surface area contributed by atoms with Crippen LogP contribution in [0.1, 0.15) is 44.6 Å². The monoisotopic (exact) mass is 381 g/mol. The second-order valence-electron chi connectivity index (χ2n) is 7.62. The average Bonchev–Trinajstić information content (AvgIpc) is 3.11. The van der Waals surface area contributed by atoms with Gasteiger partial charge >= 0.3 is 5.97 Å². The Morgan fingerprint density at radius 1 is 1.14 bits per heavy atom. The summed E-state index contributed by atoms with van der Waals surface area (Å²) in [6.07, 6.45) is 5.28. The molecule has 3 aromatic rings. The molecule has 0 aliphatic heterocycles. The van der Waals surface area contributed by atoms with Gasteiger partial charge in [-0.3, -0.25) is 0 Å². The molecule has 28 heavy (non-hydrogen) atoms. The van der Waals surface area contributed by atoms with Crippen molar-refractivity contribution in [2.75, 3.05) is 6.61 Å². The summed E-state index contributed by atoms with van der Waals surface area (Å²) in [6, 6.07) is 10.8. The molecule has 1 aliphatic carbocycles. The Balaban J connectivity index is 1.85. The van der Waals surface area contributed by atoms with Gasteiger partial charge in [-0.15, -0.1) is 15.0 Å². The van der Waals surface area contributed by atoms with E-state index in [1.54, 1.807) is 12.1 Å². The van der Waals surface area contributed by atoms with Gasteiger partial charge in [0.15, 0.2) is 6.61 Å². The van der Waals surface area contributed by atoms with Gasteiger partial charge in [0.25, 0.3) is 0 Å². The predicted molar refractivity (Wildman–Crippen MR) is 104 cm³/mol. The molecule has 1 aromatic heterocycles. The molecule has 2 aromatic carbocycles. The van der Waals surface area contributed by atoms with E-state index in [2.05, 4.69) is 17.1 Å². The number of rotatable bonds is 5. The molecular formula is C21H23N3O4. The first-order valence-corrected chi connectivity index (χ1v) is 9.51. The van der Waals surface area contributed by atoms with Crippen LogP contribution in [0.15, 0.2) is 36.4 Å². The summed E-state index contributed by atoms with van der Waals surface area (Å²) in [5.41, 5.74) is 2.37. The summed E-state index contributed by atoms with van der Waals surface area (Å²) in [7, 11) is 0. The van der Waals surface area contributed by atoms with Crippen LogP contribution >= 0.6 is 0 Å². The number of aromatic hydroxyl groups is 1. The Morgan fingerprint density at radius 2 is 1.79 bits per heavy atom. The number of benzene rings is 2. The van der Waals surface area contributed by atoms with Crippen LogP contribution in [0.4, 0.5) is 0 Å². The quantitative estimate of drug-likeness (QED) is 0.697. The number of ether oxygens (including phenoxy) is 1.